The molecule has 0 radical (unpaired) electrons. The number of hydrogen-bond acceptors (Lipinski definition) is 3. The molecule has 0 saturated carbocycles. The third-order valence-electron chi connectivity index (χ3n) is 5.45. The van der Waals surface area contributed by atoms with E-state index in [1.54, 1.807) is 0 Å². The number of ether oxygens (including phenoxy) is 1. The zero-order valence-electron chi connectivity index (χ0n) is 16.1. The maximum Gasteiger partial charge on any atom is 0.327 e. The molecular formula is C23H31NO2. The molecule has 0 bridgehead atoms. The van der Waals surface area contributed by atoms with E-state index in [0.717, 1.165) is 32.4 Å². The van der Waals surface area contributed by atoms with Gasteiger partial charge in [-0.25, -0.2) is 4.79 Å². The van der Waals surface area contributed by atoms with Crippen LogP contribution in [0.5, 0.6) is 0 Å². The lowest BCUT2D eigenvalue weighted by Crippen LogP contribution is -2.38. The number of rotatable bonds is 7. The van der Waals surface area contributed by atoms with Crippen molar-refractivity contribution in [3.05, 3.63) is 59.2 Å². The molecule has 1 saturated heterocycles. The highest BCUT2D eigenvalue weighted by molar-refractivity contribution is 5.81. The van der Waals surface area contributed by atoms with Gasteiger partial charge in [0.05, 0.1) is 6.61 Å². The van der Waals surface area contributed by atoms with Crippen LogP contribution in [0.2, 0.25) is 0 Å². The fourth-order valence-corrected chi connectivity index (χ4v) is 4.27. The molecule has 0 aromatic heterocycles. The Balaban J connectivity index is 1.94. The van der Waals surface area contributed by atoms with Crippen LogP contribution < -0.4 is 0 Å². The fourth-order valence-electron chi connectivity index (χ4n) is 4.27. The summed E-state index contributed by atoms with van der Waals surface area (Å²) in [7, 11) is 0. The molecule has 140 valence electrons. The summed E-state index contributed by atoms with van der Waals surface area (Å²) in [4.78, 5) is 15.2. The first-order valence-electron chi connectivity index (χ1n) is 10.1. The number of likely N-dealkylation sites (tertiary alicyclic amines) is 1. The number of unbranched alkanes of at least 4 members (excludes halogenated alkanes) is 1. The second kappa shape index (κ2) is 9.18. The third-order valence-corrected chi connectivity index (χ3v) is 5.45. The molecule has 1 aromatic carbocycles. The molecular weight excluding hydrogens is 322 g/mol. The lowest BCUT2D eigenvalue weighted by Gasteiger charge is -2.25. The third kappa shape index (κ3) is 4.27. The average Bonchev–Trinajstić information content (AvgIpc) is 2.88. The summed E-state index contributed by atoms with van der Waals surface area (Å²) in [5.74, 6) is 0.271. The van der Waals surface area contributed by atoms with E-state index in [1.807, 2.05) is 13.0 Å². The summed E-state index contributed by atoms with van der Waals surface area (Å²) >= 11 is 0. The summed E-state index contributed by atoms with van der Waals surface area (Å²) in [6.07, 6.45) is 10.3. The SMILES string of the molecule is CCCCC1=C2C(C=CCC1)CN(Cc1ccccc1)C2C(=O)OCC. The maximum atomic E-state index is 12.9. The molecule has 2 aliphatic rings. The summed E-state index contributed by atoms with van der Waals surface area (Å²) in [6.45, 7) is 6.26. The second-order valence-corrected chi connectivity index (χ2v) is 7.31. The van der Waals surface area contributed by atoms with E-state index < -0.39 is 0 Å². The molecule has 2 unspecified atom stereocenters. The van der Waals surface area contributed by atoms with Crippen molar-refractivity contribution < 1.29 is 9.53 Å². The van der Waals surface area contributed by atoms with Gasteiger partial charge in [0.25, 0.3) is 0 Å². The van der Waals surface area contributed by atoms with Crippen LogP contribution in [0, 0.1) is 5.92 Å². The molecule has 3 rings (SSSR count). The predicted octanol–water partition coefficient (Wildman–Crippen LogP) is 4.89. The van der Waals surface area contributed by atoms with Gasteiger partial charge in [-0.3, -0.25) is 4.90 Å². The average molecular weight is 354 g/mol. The van der Waals surface area contributed by atoms with Gasteiger partial charge in [0.2, 0.25) is 0 Å². The van der Waals surface area contributed by atoms with Gasteiger partial charge in [-0.1, -0.05) is 61.4 Å². The van der Waals surface area contributed by atoms with Gasteiger partial charge in [0.15, 0.2) is 0 Å². The van der Waals surface area contributed by atoms with Crippen molar-refractivity contribution in [2.45, 2.75) is 58.5 Å². The number of carbonyl (C=O) groups excluding carboxylic acids is 1. The Hall–Kier alpha value is -1.87. The van der Waals surface area contributed by atoms with Gasteiger partial charge in [-0.15, -0.1) is 0 Å². The van der Waals surface area contributed by atoms with Crippen molar-refractivity contribution in [3.8, 4) is 0 Å². The van der Waals surface area contributed by atoms with Crippen LogP contribution in [-0.2, 0) is 16.1 Å². The van der Waals surface area contributed by atoms with Gasteiger partial charge in [0.1, 0.15) is 6.04 Å². The van der Waals surface area contributed by atoms with Crippen molar-refractivity contribution in [1.82, 2.24) is 4.90 Å². The number of carbonyl (C=O) groups is 1. The molecule has 1 fully saturated rings. The molecule has 26 heavy (non-hydrogen) atoms. The van der Waals surface area contributed by atoms with E-state index >= 15 is 0 Å². The van der Waals surface area contributed by atoms with E-state index in [-0.39, 0.29) is 12.0 Å². The normalized spacial score (nSPS) is 23.0. The highest BCUT2D eigenvalue weighted by Gasteiger charge is 2.42. The maximum absolute atomic E-state index is 12.9. The molecule has 1 aromatic rings. The Labute approximate surface area is 157 Å². The molecule has 1 heterocycles. The van der Waals surface area contributed by atoms with Crippen LogP contribution in [0.4, 0.5) is 0 Å². The molecule has 1 aliphatic heterocycles. The Bertz CT molecular complexity index is 662. The summed E-state index contributed by atoms with van der Waals surface area (Å²) in [5.41, 5.74) is 4.08. The van der Waals surface area contributed by atoms with Gasteiger partial charge < -0.3 is 4.74 Å². The van der Waals surface area contributed by atoms with E-state index in [1.165, 1.54) is 29.6 Å². The predicted molar refractivity (Wildman–Crippen MR) is 106 cm³/mol. The summed E-state index contributed by atoms with van der Waals surface area (Å²) in [6, 6.07) is 10.2. The minimum absolute atomic E-state index is 0.0785. The number of nitrogens with zero attached hydrogens (tertiary/aromatic N) is 1. The van der Waals surface area contributed by atoms with Crippen LogP contribution >= 0.6 is 0 Å². The Morgan fingerprint density at radius 2 is 2.04 bits per heavy atom. The zero-order chi connectivity index (χ0) is 18.4. The van der Waals surface area contributed by atoms with E-state index in [9.17, 15) is 4.79 Å². The minimum Gasteiger partial charge on any atom is -0.465 e. The fraction of sp³-hybridized carbons (Fsp3) is 0.522. The lowest BCUT2D eigenvalue weighted by molar-refractivity contribution is -0.147. The minimum atomic E-state index is -0.227. The molecule has 1 aliphatic carbocycles. The van der Waals surface area contributed by atoms with Crippen LogP contribution in [0.25, 0.3) is 0 Å². The van der Waals surface area contributed by atoms with Crippen molar-refractivity contribution in [3.63, 3.8) is 0 Å². The summed E-state index contributed by atoms with van der Waals surface area (Å²) in [5, 5.41) is 0. The van der Waals surface area contributed by atoms with E-state index in [4.69, 9.17) is 4.74 Å². The molecule has 0 amide bonds. The van der Waals surface area contributed by atoms with Crippen molar-refractivity contribution in [2.75, 3.05) is 13.2 Å². The first-order chi connectivity index (χ1) is 12.7. The largest absolute Gasteiger partial charge is 0.465 e. The van der Waals surface area contributed by atoms with Crippen LogP contribution in [-0.4, -0.2) is 30.1 Å². The zero-order valence-corrected chi connectivity index (χ0v) is 16.1. The smallest absolute Gasteiger partial charge is 0.327 e. The Morgan fingerprint density at radius 1 is 1.23 bits per heavy atom. The molecule has 0 spiro atoms. The van der Waals surface area contributed by atoms with Gasteiger partial charge in [-0.2, -0.15) is 0 Å². The standard InChI is InChI=1S/C23H31NO2/c1-3-5-13-19-14-9-10-15-20-17-24(16-18-11-7-6-8-12-18)22(21(19)20)23(25)26-4-2/h6-8,10-12,15,20,22H,3-5,9,13-14,16-17H2,1-2H3. The number of esters is 1. The molecule has 3 nitrogen and oxygen atoms in total. The lowest BCUT2D eigenvalue weighted by atomic mass is 9.89. The Morgan fingerprint density at radius 3 is 2.77 bits per heavy atom. The van der Waals surface area contributed by atoms with Crippen LogP contribution in [0.1, 0.15) is 51.5 Å². The van der Waals surface area contributed by atoms with Crippen LogP contribution in [0.3, 0.4) is 0 Å². The van der Waals surface area contributed by atoms with E-state index in [0.29, 0.717) is 12.5 Å². The number of allylic oxidation sites excluding steroid dienone is 2. The topological polar surface area (TPSA) is 29.5 Å². The monoisotopic (exact) mass is 353 g/mol. The quantitative estimate of drug-likeness (QED) is 0.516. The Kier molecular flexibility index (Phi) is 6.67. The van der Waals surface area contributed by atoms with Crippen molar-refractivity contribution in [1.29, 1.82) is 0 Å². The molecule has 3 heteroatoms. The van der Waals surface area contributed by atoms with Crippen molar-refractivity contribution >= 4 is 5.97 Å². The molecule has 0 N–H and O–H groups in total. The van der Waals surface area contributed by atoms with Crippen molar-refractivity contribution in [2.24, 2.45) is 5.92 Å². The highest BCUT2D eigenvalue weighted by atomic mass is 16.5. The second-order valence-electron chi connectivity index (χ2n) is 7.31. The number of benzene rings is 1. The molecule has 2 atom stereocenters. The summed E-state index contributed by atoms with van der Waals surface area (Å²) < 4.78 is 5.50. The van der Waals surface area contributed by atoms with Gasteiger partial charge in [0, 0.05) is 19.0 Å². The van der Waals surface area contributed by atoms with Gasteiger partial charge >= 0.3 is 5.97 Å². The van der Waals surface area contributed by atoms with Gasteiger partial charge in [-0.05, 0) is 43.7 Å². The first kappa shape index (κ1) is 18.9. The van der Waals surface area contributed by atoms with Crippen LogP contribution in [0.15, 0.2) is 53.6 Å². The first-order valence-corrected chi connectivity index (χ1v) is 10.1. The number of hydrogen-bond donors (Lipinski definition) is 0. The van der Waals surface area contributed by atoms with E-state index in [2.05, 4.69) is 48.2 Å². The number of fused-ring (bicyclic) bond motifs is 1. The highest BCUT2D eigenvalue weighted by Crippen LogP contribution is 2.39.